The molecule has 19 rings (SSSR count). The number of amides is 4. The van der Waals surface area contributed by atoms with Crippen LogP contribution in [0.15, 0.2) is 192 Å². The van der Waals surface area contributed by atoms with Crippen molar-refractivity contribution in [3.8, 4) is 45.6 Å². The average Bonchev–Trinajstić information content (AvgIpc) is 1.88. The molecule has 5 aliphatic rings. The zero-order chi connectivity index (χ0) is 89.4. The number of carboxylic acid groups (broad SMARTS) is 1. The number of benzene rings is 5. The standard InChI is InChI=1S/C20H21FN4O.C19H20FN5O.C18H18FN5O.C13H8FN3O2.C12H7BrFN3.C10H20N2O2/c1-25-8-6-16(7-9-25)24-20(26)13-2-3-14-11-23-19(17(14)10-13)18-5-4-15(21)12-22-18;1-25-8-6-14(7-9-25)22-19(26)12-2-4-16-15(10-12)18(24-23-16)17-5-3-13(20)11-21-17;19-12-2-4-16(21-10-12)17-14-9-11(1-3-15(14)23-24-17)18(25)22-13-5-7-20-8-6-13;14-8-2-4-11(15-6-8)12-9-5-7(13(18)19)1-3-10(9)16-17-12;13-7-1-3-10-9(5-7)12(17-16-10)11-4-2-8(14)6-15-11;1-10(2,3)14-9(13)12-6-4-8(11)5-7-12/h2-5,10,12,16H,6-9,11H2,1H3,(H,24,26);2-5,10-11,14H,6-9H2,1H3,(H,22,26)(H,23,24);1-4,9-10,13,20H,5-8H2,(H,22,25)(H,23,24);1-6H,(H,16,17)(H,18,19);1-6H,(H,16,17);8H,4-7,11H2,1-3H3. The molecule has 0 unspecified atom stereocenters. The first kappa shape index (κ1) is 89.8. The van der Waals surface area contributed by atoms with E-state index in [9.17, 15) is 45.9 Å². The van der Waals surface area contributed by atoms with Gasteiger partial charge in [0.2, 0.25) is 0 Å². The van der Waals surface area contributed by atoms with E-state index in [4.69, 9.17) is 15.6 Å². The Kier molecular flexibility index (Phi) is 29.1. The molecule has 4 saturated heterocycles. The molecule has 0 spiro atoms. The third-order valence-corrected chi connectivity index (χ3v) is 22.3. The van der Waals surface area contributed by atoms with E-state index in [1.165, 1.54) is 60.9 Å². The number of carboxylic acids is 1. The van der Waals surface area contributed by atoms with Gasteiger partial charge in [0.1, 0.15) is 57.5 Å². The molecule has 127 heavy (non-hydrogen) atoms. The third-order valence-electron chi connectivity index (χ3n) is 21.8. The molecule has 4 fully saturated rings. The third kappa shape index (κ3) is 23.6. The van der Waals surface area contributed by atoms with E-state index in [0.717, 1.165) is 176 Å². The van der Waals surface area contributed by atoms with E-state index in [-0.39, 0.29) is 65.2 Å². The molecule has 0 aliphatic carbocycles. The summed E-state index contributed by atoms with van der Waals surface area (Å²) in [6.07, 6.45) is 13.0. The van der Waals surface area contributed by atoms with Crippen LogP contribution in [0.2, 0.25) is 0 Å². The molecule has 0 atom stereocenters. The Balaban J connectivity index is 0.000000125. The summed E-state index contributed by atoms with van der Waals surface area (Å²) < 4.78 is 71.2. The van der Waals surface area contributed by atoms with Crippen LogP contribution >= 0.6 is 15.9 Å². The van der Waals surface area contributed by atoms with Gasteiger partial charge in [-0.15, -0.1) is 0 Å². The number of piperidine rings is 4. The number of ether oxygens (including phenoxy) is 1. The summed E-state index contributed by atoms with van der Waals surface area (Å²) in [6, 6.07) is 42.4. The lowest BCUT2D eigenvalue weighted by Crippen LogP contribution is -2.44. The fourth-order valence-corrected chi connectivity index (χ4v) is 15.2. The van der Waals surface area contributed by atoms with Gasteiger partial charge < -0.3 is 51.5 Å². The maximum atomic E-state index is 13.1. The van der Waals surface area contributed by atoms with Crippen LogP contribution in [0.4, 0.5) is 26.7 Å². The first-order valence-electron chi connectivity index (χ1n) is 41.5. The topological polar surface area (TPSA) is 390 Å². The monoisotopic (exact) mass is 1790 g/mol. The number of H-pyrrole nitrogens is 4. The first-order valence-corrected chi connectivity index (χ1v) is 42.3. The van der Waals surface area contributed by atoms with Crippen LogP contribution in [0.3, 0.4) is 0 Å². The number of nitrogens with one attached hydrogen (secondary N) is 8. The van der Waals surface area contributed by atoms with E-state index in [1.807, 2.05) is 75.4 Å². The highest BCUT2D eigenvalue weighted by molar-refractivity contribution is 9.10. The van der Waals surface area contributed by atoms with Gasteiger partial charge in [0, 0.05) is 85.5 Å². The van der Waals surface area contributed by atoms with Crippen LogP contribution in [-0.2, 0) is 11.3 Å². The van der Waals surface area contributed by atoms with Gasteiger partial charge >= 0.3 is 12.1 Å². The fourth-order valence-electron chi connectivity index (χ4n) is 14.8. The Bertz CT molecular complexity index is 6220. The van der Waals surface area contributed by atoms with Crippen molar-refractivity contribution in [2.75, 3.05) is 66.5 Å². The molecule has 0 bridgehead atoms. The maximum Gasteiger partial charge on any atom is 0.410 e. The average molecular weight is 1790 g/mol. The Morgan fingerprint density at radius 1 is 0.441 bits per heavy atom. The molecule has 35 heteroatoms. The smallest absolute Gasteiger partial charge is 0.410 e. The molecule has 9 aromatic heterocycles. The van der Waals surface area contributed by atoms with Gasteiger partial charge in [0.15, 0.2) is 0 Å². The van der Waals surface area contributed by atoms with Crippen LogP contribution in [-0.4, -0.2) is 217 Å². The molecule has 0 saturated carbocycles. The number of rotatable bonds is 12. The van der Waals surface area contributed by atoms with Crippen LogP contribution < -0.4 is 27.0 Å². The van der Waals surface area contributed by atoms with Crippen LogP contribution in [0.25, 0.3) is 89.2 Å². The summed E-state index contributed by atoms with van der Waals surface area (Å²) in [6.45, 7) is 13.5. The van der Waals surface area contributed by atoms with Gasteiger partial charge in [-0.2, -0.15) is 20.4 Å². The molecule has 656 valence electrons. The summed E-state index contributed by atoms with van der Waals surface area (Å²) >= 11 is 3.41. The van der Waals surface area contributed by atoms with Crippen molar-refractivity contribution in [1.29, 1.82) is 0 Å². The molecule has 0 radical (unpaired) electrons. The zero-order valence-electron chi connectivity index (χ0n) is 70.2. The predicted octanol–water partition coefficient (Wildman–Crippen LogP) is 14.6. The molecule has 29 nitrogen and oxygen atoms in total. The highest BCUT2D eigenvalue weighted by Gasteiger charge is 2.29. The van der Waals surface area contributed by atoms with Gasteiger partial charge in [-0.05, 0) is 277 Å². The van der Waals surface area contributed by atoms with E-state index in [2.05, 4.69) is 132 Å². The lowest BCUT2D eigenvalue weighted by Gasteiger charge is -2.32. The number of hydrogen-bond acceptors (Lipinski definition) is 20. The van der Waals surface area contributed by atoms with Crippen molar-refractivity contribution >= 4 is 95.0 Å². The second kappa shape index (κ2) is 41.1. The van der Waals surface area contributed by atoms with Crippen molar-refractivity contribution in [3.05, 3.63) is 255 Å². The van der Waals surface area contributed by atoms with Crippen molar-refractivity contribution in [2.45, 2.75) is 108 Å². The summed E-state index contributed by atoms with van der Waals surface area (Å²) in [4.78, 5) is 91.4. The predicted molar refractivity (Wildman–Crippen MR) is 476 cm³/mol. The molecular weight excluding hydrogens is 1700 g/mol. The Morgan fingerprint density at radius 2 is 0.787 bits per heavy atom. The van der Waals surface area contributed by atoms with Crippen molar-refractivity contribution < 1.29 is 55.8 Å². The summed E-state index contributed by atoms with van der Waals surface area (Å²) in [5.41, 5.74) is 18.5. The normalized spacial score (nSPS) is 15.2. The second-order valence-corrected chi connectivity index (χ2v) is 33.2. The zero-order valence-corrected chi connectivity index (χ0v) is 71.8. The number of likely N-dealkylation sites (tertiary alicyclic amines) is 3. The molecular formula is C92H94BrF5N22O7. The Morgan fingerprint density at radius 3 is 1.17 bits per heavy atom. The number of aromatic nitrogens is 13. The molecule has 14 aromatic rings. The van der Waals surface area contributed by atoms with Gasteiger partial charge in [0.25, 0.3) is 17.7 Å². The number of pyridine rings is 5. The van der Waals surface area contributed by atoms with Gasteiger partial charge in [-0.25, -0.2) is 31.5 Å². The number of aliphatic imine (C=N–C) groups is 1. The van der Waals surface area contributed by atoms with Crippen LogP contribution in [0.5, 0.6) is 0 Å². The molecule has 5 aromatic carbocycles. The Labute approximate surface area is 735 Å². The highest BCUT2D eigenvalue weighted by Crippen LogP contribution is 2.33. The van der Waals surface area contributed by atoms with Gasteiger partial charge in [0.05, 0.1) is 99.3 Å². The fraction of sp³-hybridized carbons (Fsp3) is 0.293. The van der Waals surface area contributed by atoms with Crippen molar-refractivity contribution in [3.63, 3.8) is 0 Å². The van der Waals surface area contributed by atoms with Crippen molar-refractivity contribution in [1.82, 2.24) is 102 Å². The minimum Gasteiger partial charge on any atom is -0.478 e. The number of fused-ring (bicyclic) bond motifs is 5. The quantitative estimate of drug-likeness (QED) is 0.0508. The number of nitrogens with zero attached hydrogens (tertiary/aromatic N) is 13. The maximum absolute atomic E-state index is 13.1. The van der Waals surface area contributed by atoms with Crippen LogP contribution in [0.1, 0.15) is 130 Å². The number of nitrogens with two attached hydrogens (primary N) is 1. The largest absolute Gasteiger partial charge is 0.478 e. The second-order valence-electron chi connectivity index (χ2n) is 32.3. The van der Waals surface area contributed by atoms with E-state index in [0.29, 0.717) is 85.4 Å². The molecule has 4 amide bonds. The van der Waals surface area contributed by atoms with Gasteiger partial charge in [-0.3, -0.25) is 64.7 Å². The highest BCUT2D eigenvalue weighted by atomic mass is 79.9. The lowest BCUT2D eigenvalue weighted by atomic mass is 9.99. The number of carbonyl (C=O) groups excluding carboxylic acids is 4. The van der Waals surface area contributed by atoms with E-state index >= 15 is 0 Å². The molecule has 14 heterocycles. The van der Waals surface area contributed by atoms with Crippen molar-refractivity contribution in [2.24, 2.45) is 10.7 Å². The number of aromatic carboxylic acids is 1. The van der Waals surface area contributed by atoms with E-state index < -0.39 is 29.0 Å². The lowest BCUT2D eigenvalue weighted by molar-refractivity contribution is 0.0206. The summed E-state index contributed by atoms with van der Waals surface area (Å²) in [5, 5.41) is 53.2. The van der Waals surface area contributed by atoms with Gasteiger partial charge in [-0.1, -0.05) is 22.0 Å². The SMILES string of the molecule is CC(C)(C)OC(=O)N1CCC(N)CC1.CN1CCC(NC(=O)c2ccc3[nH]nc(-c4ccc(F)cn4)c3c2)CC1.CN1CCC(NC(=O)c2ccc3c(c2)C(c2ccc(F)cn2)=NC3)CC1.Fc1ccc(-c2n[nH]c3ccc(Br)cc23)nc1.O=C(NC1CCNCC1)c1ccc2[nH]nc(-c3ccc(F)cn3)c2c1.O=C(O)c1ccc2[nH]nc(-c3ccc(F)cn3)c2c1. The van der Waals surface area contributed by atoms with E-state index in [1.54, 1.807) is 53.4 Å². The van der Waals surface area contributed by atoms with Crippen LogP contribution in [0, 0.1) is 29.1 Å². The molecule has 5 aliphatic heterocycles. The number of carbonyl (C=O) groups is 5. The summed E-state index contributed by atoms with van der Waals surface area (Å²) in [5.74, 6) is -3.20. The number of aromatic amines is 4. The number of hydrogen-bond donors (Lipinski definition) is 10. The summed E-state index contributed by atoms with van der Waals surface area (Å²) in [7, 11) is 4.19. The number of halogens is 6. The minimum absolute atomic E-state index is 0.0549. The molecule has 11 N–H and O–H groups in total. The minimum atomic E-state index is -1.01. The first-order chi connectivity index (χ1) is 61.2. The Hall–Kier alpha value is -13.5.